The average Bonchev–Trinajstić information content (AvgIpc) is 3.49. The molecule has 11 heteroatoms. The van der Waals surface area contributed by atoms with E-state index >= 15 is 0 Å². The summed E-state index contributed by atoms with van der Waals surface area (Å²) in [5, 5.41) is 13.9. The van der Waals surface area contributed by atoms with E-state index in [1.165, 1.54) is 19.2 Å². The Labute approximate surface area is 205 Å². The molecule has 4 heterocycles. The van der Waals surface area contributed by atoms with Crippen LogP contribution in [0.15, 0.2) is 55.0 Å². The summed E-state index contributed by atoms with van der Waals surface area (Å²) in [7, 11) is 3.16. The van der Waals surface area contributed by atoms with Gasteiger partial charge in [-0.1, -0.05) is 6.07 Å². The van der Waals surface area contributed by atoms with Gasteiger partial charge in [0.2, 0.25) is 5.91 Å². The number of halogens is 1. The molecule has 1 fully saturated rings. The number of aryl methyl sites for hydroxylation is 1. The molecule has 5 rings (SSSR count). The minimum atomic E-state index is -0.661. The molecule has 2 amide bonds. The van der Waals surface area contributed by atoms with E-state index in [2.05, 4.69) is 31.0 Å². The zero-order valence-electron chi connectivity index (χ0n) is 19.7. The quantitative estimate of drug-likeness (QED) is 0.364. The van der Waals surface area contributed by atoms with Gasteiger partial charge in [-0.15, -0.1) is 0 Å². The highest BCUT2D eigenvalue weighted by Crippen LogP contribution is 2.27. The topological polar surface area (TPSA) is 123 Å². The van der Waals surface area contributed by atoms with Crippen molar-refractivity contribution >= 4 is 28.5 Å². The van der Waals surface area contributed by atoms with Crippen LogP contribution in [0.5, 0.6) is 5.75 Å². The predicted octanol–water partition coefficient (Wildman–Crippen LogP) is 2.33. The van der Waals surface area contributed by atoms with Crippen LogP contribution in [0.4, 0.5) is 10.2 Å². The number of methoxy groups -OCH3 is 1. The molecule has 184 valence electrons. The fourth-order valence-electron chi connectivity index (χ4n) is 4.15. The van der Waals surface area contributed by atoms with E-state index in [1.807, 2.05) is 0 Å². The standard InChI is InChI=1S/C25H24FN7O3/c1-33-13-16(11-29-33)24(14-4-6-21(36-2)18(26)7-14)32-25(35)19-5-3-15-10-27-22(9-20(15)31-19)30-17-8-23(34)28-12-17/h3-7,9-11,13,17,24H,8,12H2,1-2H3,(H,27,30)(H,28,34)(H,32,35)/t17?,24-/m0/s1. The normalized spacial score (nSPS) is 16.0. The molecule has 0 aliphatic carbocycles. The number of carbonyl (C=O) groups excluding carboxylic acids is 2. The number of rotatable bonds is 7. The minimum absolute atomic E-state index is 0.00900. The summed E-state index contributed by atoms with van der Waals surface area (Å²) in [4.78, 5) is 33.6. The van der Waals surface area contributed by atoms with E-state index in [0.29, 0.717) is 35.4 Å². The number of hydrogen-bond donors (Lipinski definition) is 3. The first-order chi connectivity index (χ1) is 17.4. The van der Waals surface area contributed by atoms with Gasteiger partial charge in [0.15, 0.2) is 11.6 Å². The van der Waals surface area contributed by atoms with Crippen molar-refractivity contribution in [2.24, 2.45) is 7.05 Å². The van der Waals surface area contributed by atoms with E-state index in [4.69, 9.17) is 4.74 Å². The molecule has 1 aromatic carbocycles. The summed E-state index contributed by atoms with van der Waals surface area (Å²) in [6, 6.07) is 8.94. The summed E-state index contributed by atoms with van der Waals surface area (Å²) in [6.07, 6.45) is 5.41. The van der Waals surface area contributed by atoms with Crippen LogP contribution < -0.4 is 20.7 Å². The fraction of sp³-hybridized carbons (Fsp3) is 0.240. The van der Waals surface area contributed by atoms with Gasteiger partial charge in [-0.3, -0.25) is 14.3 Å². The monoisotopic (exact) mass is 489 g/mol. The Morgan fingerprint density at radius 2 is 2.08 bits per heavy atom. The van der Waals surface area contributed by atoms with E-state index in [9.17, 15) is 14.0 Å². The third-order valence-electron chi connectivity index (χ3n) is 5.98. The van der Waals surface area contributed by atoms with Crippen molar-refractivity contribution in [2.75, 3.05) is 19.0 Å². The van der Waals surface area contributed by atoms with Gasteiger partial charge in [0.05, 0.1) is 30.9 Å². The zero-order chi connectivity index (χ0) is 25.2. The van der Waals surface area contributed by atoms with Gasteiger partial charge in [-0.2, -0.15) is 5.10 Å². The predicted molar refractivity (Wildman–Crippen MR) is 130 cm³/mol. The number of fused-ring (bicyclic) bond motifs is 1. The first kappa shape index (κ1) is 23.2. The summed E-state index contributed by atoms with van der Waals surface area (Å²) < 4.78 is 21.1. The molecular formula is C25H24FN7O3. The van der Waals surface area contributed by atoms with Gasteiger partial charge in [0.25, 0.3) is 5.91 Å². The Morgan fingerprint density at radius 3 is 2.78 bits per heavy atom. The number of ether oxygens (including phenoxy) is 1. The lowest BCUT2D eigenvalue weighted by atomic mass is 10.0. The number of pyridine rings is 2. The number of benzene rings is 1. The molecule has 3 aromatic heterocycles. The highest BCUT2D eigenvalue weighted by Gasteiger charge is 2.23. The summed E-state index contributed by atoms with van der Waals surface area (Å²) >= 11 is 0. The first-order valence-corrected chi connectivity index (χ1v) is 11.3. The van der Waals surface area contributed by atoms with E-state index in [1.54, 1.807) is 54.6 Å². The van der Waals surface area contributed by atoms with Crippen LogP contribution >= 0.6 is 0 Å². The van der Waals surface area contributed by atoms with Gasteiger partial charge in [-0.05, 0) is 29.8 Å². The molecular weight excluding hydrogens is 465 g/mol. The number of carbonyl (C=O) groups is 2. The van der Waals surface area contributed by atoms with Crippen LogP contribution in [0.3, 0.4) is 0 Å². The van der Waals surface area contributed by atoms with Crippen molar-refractivity contribution in [3.05, 3.63) is 77.6 Å². The molecule has 0 bridgehead atoms. The zero-order valence-corrected chi connectivity index (χ0v) is 19.7. The molecule has 0 spiro atoms. The second-order valence-corrected chi connectivity index (χ2v) is 8.56. The maximum absolute atomic E-state index is 14.5. The van der Waals surface area contributed by atoms with Gasteiger partial charge in [0.1, 0.15) is 11.5 Å². The maximum atomic E-state index is 14.5. The Hall–Kier alpha value is -4.54. The molecule has 1 unspecified atom stereocenters. The average molecular weight is 490 g/mol. The summed E-state index contributed by atoms with van der Waals surface area (Å²) in [5.74, 6) is -0.296. The van der Waals surface area contributed by atoms with Crippen LogP contribution in [-0.2, 0) is 11.8 Å². The van der Waals surface area contributed by atoms with Crippen LogP contribution in [0.25, 0.3) is 10.9 Å². The highest BCUT2D eigenvalue weighted by molar-refractivity contribution is 5.95. The van der Waals surface area contributed by atoms with Gasteiger partial charge in [0, 0.05) is 49.4 Å². The van der Waals surface area contributed by atoms with Crippen molar-refractivity contribution < 1.29 is 18.7 Å². The molecule has 2 atom stereocenters. The van der Waals surface area contributed by atoms with Crippen LogP contribution in [0, 0.1) is 5.82 Å². The summed E-state index contributed by atoms with van der Waals surface area (Å²) in [6.45, 7) is 0.524. The van der Waals surface area contributed by atoms with Gasteiger partial charge >= 0.3 is 0 Å². The molecule has 10 nitrogen and oxygen atoms in total. The van der Waals surface area contributed by atoms with Crippen molar-refractivity contribution in [1.82, 2.24) is 30.4 Å². The maximum Gasteiger partial charge on any atom is 0.270 e. The highest BCUT2D eigenvalue weighted by atomic mass is 19.1. The van der Waals surface area contributed by atoms with Crippen LogP contribution in [0.1, 0.15) is 34.1 Å². The smallest absolute Gasteiger partial charge is 0.270 e. The van der Waals surface area contributed by atoms with E-state index in [-0.39, 0.29) is 23.4 Å². The number of anilines is 1. The summed E-state index contributed by atoms with van der Waals surface area (Å²) in [5.41, 5.74) is 1.99. The molecule has 36 heavy (non-hydrogen) atoms. The second kappa shape index (κ2) is 9.61. The minimum Gasteiger partial charge on any atom is -0.494 e. The molecule has 0 saturated carbocycles. The molecule has 1 aliphatic heterocycles. The van der Waals surface area contributed by atoms with E-state index < -0.39 is 17.8 Å². The Morgan fingerprint density at radius 1 is 1.22 bits per heavy atom. The number of aromatic nitrogens is 4. The second-order valence-electron chi connectivity index (χ2n) is 8.56. The molecule has 1 saturated heterocycles. The number of nitrogens with zero attached hydrogens (tertiary/aromatic N) is 4. The van der Waals surface area contributed by atoms with Crippen molar-refractivity contribution in [1.29, 1.82) is 0 Å². The third-order valence-corrected chi connectivity index (χ3v) is 5.98. The lowest BCUT2D eigenvalue weighted by molar-refractivity contribution is -0.119. The van der Waals surface area contributed by atoms with Gasteiger partial charge < -0.3 is 20.7 Å². The van der Waals surface area contributed by atoms with E-state index in [0.717, 1.165) is 5.39 Å². The third kappa shape index (κ3) is 4.81. The number of amides is 2. The van der Waals surface area contributed by atoms with Crippen molar-refractivity contribution in [2.45, 2.75) is 18.5 Å². The number of hydrogen-bond acceptors (Lipinski definition) is 7. The fourth-order valence-corrected chi connectivity index (χ4v) is 4.15. The largest absolute Gasteiger partial charge is 0.494 e. The van der Waals surface area contributed by atoms with Crippen LogP contribution in [-0.4, -0.2) is 51.3 Å². The lowest BCUT2D eigenvalue weighted by Crippen LogP contribution is -2.30. The molecule has 4 aromatic rings. The Bertz CT molecular complexity index is 1450. The molecule has 3 N–H and O–H groups in total. The lowest BCUT2D eigenvalue weighted by Gasteiger charge is -2.19. The first-order valence-electron chi connectivity index (χ1n) is 11.3. The van der Waals surface area contributed by atoms with Crippen LogP contribution in [0.2, 0.25) is 0 Å². The molecule has 1 aliphatic rings. The molecule has 0 radical (unpaired) electrons. The Balaban J connectivity index is 1.41. The van der Waals surface area contributed by atoms with Crippen molar-refractivity contribution in [3.8, 4) is 5.75 Å². The Kier molecular flexibility index (Phi) is 6.19. The SMILES string of the molecule is COc1ccc([C@H](NC(=O)c2ccc3cnc(NC4CNC(=O)C4)cc3n2)c2cnn(C)c2)cc1F. The van der Waals surface area contributed by atoms with Crippen molar-refractivity contribution in [3.63, 3.8) is 0 Å². The number of nitrogens with one attached hydrogen (secondary N) is 3. The van der Waals surface area contributed by atoms with Gasteiger partial charge in [-0.25, -0.2) is 14.4 Å².